The Bertz CT molecular complexity index is 2140. The van der Waals surface area contributed by atoms with E-state index in [0.29, 0.717) is 23.5 Å². The van der Waals surface area contributed by atoms with Crippen molar-refractivity contribution < 1.29 is 33.3 Å². The Kier molecular flexibility index (Phi) is 8.60. The molecule has 4 aliphatic carbocycles. The number of halogens is 2. The summed E-state index contributed by atoms with van der Waals surface area (Å²) in [6.07, 6.45) is 10.4. The first-order valence-corrected chi connectivity index (χ1v) is 20.2. The van der Waals surface area contributed by atoms with Gasteiger partial charge < -0.3 is 24.8 Å². The number of ketones is 1. The van der Waals surface area contributed by atoms with Crippen LogP contribution in [-0.2, 0) is 21.4 Å². The molecule has 0 bridgehead atoms. The summed E-state index contributed by atoms with van der Waals surface area (Å²) in [6.45, 7) is 21.1. The van der Waals surface area contributed by atoms with Crippen LogP contribution in [0.25, 0.3) is 16.5 Å². The summed E-state index contributed by atoms with van der Waals surface area (Å²) in [5.74, 6) is -0.421. The smallest absolute Gasteiger partial charge is 0.247 e. The van der Waals surface area contributed by atoms with Gasteiger partial charge in [0.25, 0.3) is 0 Å². The summed E-state index contributed by atoms with van der Waals surface area (Å²) in [5.41, 5.74) is 5.46. The van der Waals surface area contributed by atoms with E-state index in [1.807, 2.05) is 32.9 Å². The molecule has 8 rings (SSSR count). The number of fused-ring (bicyclic) bond motifs is 11. The van der Waals surface area contributed by atoms with Gasteiger partial charge in [0, 0.05) is 39.0 Å². The quantitative estimate of drug-likeness (QED) is 0.150. The van der Waals surface area contributed by atoms with E-state index >= 15 is 0 Å². The molecule has 2 fully saturated rings. The second-order valence-electron chi connectivity index (χ2n) is 19.5. The van der Waals surface area contributed by atoms with E-state index in [-0.39, 0.29) is 28.4 Å². The number of ether oxygens (including phenoxy) is 1. The highest BCUT2D eigenvalue weighted by molar-refractivity contribution is 6.18. The molecule has 1 aromatic carbocycles. The minimum atomic E-state index is -1.17. The second-order valence-corrected chi connectivity index (χ2v) is 19.5. The van der Waals surface area contributed by atoms with Gasteiger partial charge in [0.2, 0.25) is 5.91 Å². The van der Waals surface area contributed by atoms with Crippen LogP contribution in [-0.4, -0.2) is 63.2 Å². The molecule has 1 amide bonds. The third-order valence-electron chi connectivity index (χ3n) is 15.5. The van der Waals surface area contributed by atoms with Crippen molar-refractivity contribution in [3.8, 4) is 0 Å². The molecular formula is C46H58F2N2O5. The van der Waals surface area contributed by atoms with Crippen molar-refractivity contribution in [3.63, 3.8) is 0 Å². The van der Waals surface area contributed by atoms with Crippen molar-refractivity contribution >= 4 is 28.2 Å². The van der Waals surface area contributed by atoms with Crippen LogP contribution in [0.15, 0.2) is 48.1 Å². The Morgan fingerprint density at radius 2 is 1.78 bits per heavy atom. The fourth-order valence-corrected chi connectivity index (χ4v) is 13.0. The van der Waals surface area contributed by atoms with Gasteiger partial charge in [0.1, 0.15) is 19.4 Å². The number of aromatic nitrogens is 1. The first kappa shape index (κ1) is 38.5. The molecule has 7 nitrogen and oxygen atoms in total. The number of carbonyl (C=O) groups excluding carboxylic acids is 2. The normalized spacial score (nSPS) is 36.8. The van der Waals surface area contributed by atoms with Gasteiger partial charge in [-0.05, 0) is 120 Å². The number of amides is 1. The number of Topliss-reactive ketones (excluding diaryl/α,β-unsaturated/α-hetero) is 1. The summed E-state index contributed by atoms with van der Waals surface area (Å²) in [6, 6.07) is 0.524. The molecule has 0 unspecified atom stereocenters. The lowest BCUT2D eigenvalue weighted by Gasteiger charge is -2.64. The van der Waals surface area contributed by atoms with Crippen molar-refractivity contribution in [3.05, 3.63) is 76.0 Å². The Balaban J connectivity index is 1.27. The number of carbonyl (C=O) groups is 2. The number of benzene rings is 1. The average Bonchev–Trinajstić information content (AvgIpc) is 3.77. The maximum absolute atomic E-state index is 14.9. The number of allylic oxidation sites excluding steroid dienone is 3. The standard InChI is InChI=1S/C46H58F2N2O5/c1-23(2)36-39(53)34-33-27(30-20-42(4,5)55-43(6,7)35(30)38(33)52)19-28-29-18-25-13-14-31-44(8,16-11-12-24(3)41(54)49-26(21-47)22-48)32(51)15-17-45(31,9)46(25,10)40(29)50(36)37(28)34/h11-12,16,19-20,25-26,31-32,35-36,38,51-52H,1,13-15,17-18,21-22H2,2-10H3,(H,49,54)/b16-11+,24-12+/t25-,31-,32-,35+,36-,38+,44-,45-,46+/m0/s1. The molecular weight excluding hydrogens is 699 g/mol. The van der Waals surface area contributed by atoms with Gasteiger partial charge in [-0.15, -0.1) is 0 Å². The fourth-order valence-electron chi connectivity index (χ4n) is 13.0. The number of aliphatic hydroxyl groups is 2. The molecule has 9 heteroatoms. The van der Waals surface area contributed by atoms with Crippen molar-refractivity contribution in [2.75, 3.05) is 13.3 Å². The van der Waals surface area contributed by atoms with Crippen molar-refractivity contribution in [1.29, 1.82) is 0 Å². The molecule has 6 aliphatic rings. The molecule has 0 radical (unpaired) electrons. The number of nitrogens with one attached hydrogen (secondary N) is 1. The number of nitrogens with zero attached hydrogens (tertiary/aromatic N) is 1. The SMILES string of the molecule is C=C(C)[C@H]1C(=O)c2c3c(cc4c5c(n1c24)[C@@]1(C)[C@@H](CC[C@H]2[C@](C)(/C=C/C=C(\C)C(=O)NC(CF)CF)[C@@H](O)CC[C@@]21C)C5)C1=CC(C)(C)OC(C)(C)[C@H]1[C@@H]3O. The van der Waals surface area contributed by atoms with Crippen LogP contribution < -0.4 is 5.32 Å². The zero-order valence-electron chi connectivity index (χ0n) is 33.9. The van der Waals surface area contributed by atoms with Gasteiger partial charge in [-0.3, -0.25) is 9.59 Å². The van der Waals surface area contributed by atoms with E-state index in [1.165, 1.54) is 11.3 Å². The van der Waals surface area contributed by atoms with Crippen LogP contribution in [0, 0.1) is 28.6 Å². The van der Waals surface area contributed by atoms with E-state index in [9.17, 15) is 28.6 Å². The summed E-state index contributed by atoms with van der Waals surface area (Å²) in [4.78, 5) is 27.6. The summed E-state index contributed by atoms with van der Waals surface area (Å²) in [5, 5.41) is 27.5. The van der Waals surface area contributed by atoms with Crippen LogP contribution in [0.4, 0.5) is 8.78 Å². The average molecular weight is 757 g/mol. The summed E-state index contributed by atoms with van der Waals surface area (Å²) in [7, 11) is 0. The highest BCUT2D eigenvalue weighted by atomic mass is 19.1. The van der Waals surface area contributed by atoms with E-state index in [1.54, 1.807) is 13.0 Å². The van der Waals surface area contributed by atoms with E-state index < -0.39 is 60.2 Å². The molecule has 2 saturated carbocycles. The first-order chi connectivity index (χ1) is 25.7. The van der Waals surface area contributed by atoms with E-state index in [4.69, 9.17) is 4.74 Å². The lowest BCUT2D eigenvalue weighted by molar-refractivity contribution is -0.144. The van der Waals surface area contributed by atoms with Gasteiger partial charge >= 0.3 is 0 Å². The van der Waals surface area contributed by atoms with E-state index in [0.717, 1.165) is 58.9 Å². The highest BCUT2D eigenvalue weighted by Crippen LogP contribution is 2.71. The highest BCUT2D eigenvalue weighted by Gasteiger charge is 2.67. The zero-order valence-corrected chi connectivity index (χ0v) is 33.9. The molecule has 9 atom stereocenters. The number of rotatable bonds is 7. The van der Waals surface area contributed by atoms with Gasteiger partial charge in [0.05, 0.1) is 40.5 Å². The second kappa shape index (κ2) is 12.3. The number of aliphatic hydroxyl groups excluding tert-OH is 2. The maximum atomic E-state index is 14.9. The number of hydrogen-bond acceptors (Lipinski definition) is 5. The Morgan fingerprint density at radius 3 is 2.44 bits per heavy atom. The molecule has 0 saturated heterocycles. The third-order valence-corrected chi connectivity index (χ3v) is 15.5. The minimum Gasteiger partial charge on any atom is -0.392 e. The third kappa shape index (κ3) is 5.00. The topological polar surface area (TPSA) is 101 Å². The Hall–Kier alpha value is -3.40. The summed E-state index contributed by atoms with van der Waals surface area (Å²) >= 11 is 0. The molecule has 3 N–H and O–H groups in total. The molecule has 3 heterocycles. The fraction of sp³-hybridized carbons (Fsp3) is 0.609. The van der Waals surface area contributed by atoms with Crippen LogP contribution in [0.2, 0.25) is 0 Å². The molecule has 1 aromatic heterocycles. The number of hydrogen-bond donors (Lipinski definition) is 3. The lowest BCUT2D eigenvalue weighted by Crippen LogP contribution is -2.62. The van der Waals surface area contributed by atoms with Gasteiger partial charge in [-0.2, -0.15) is 0 Å². The van der Waals surface area contributed by atoms with Gasteiger partial charge in [0.15, 0.2) is 5.78 Å². The molecule has 0 spiro atoms. The first-order valence-electron chi connectivity index (χ1n) is 20.2. The van der Waals surface area contributed by atoms with Crippen molar-refractivity contribution in [2.45, 2.75) is 135 Å². The molecule has 296 valence electrons. The van der Waals surface area contributed by atoms with Gasteiger partial charge in [-0.1, -0.05) is 51.2 Å². The lowest BCUT2D eigenvalue weighted by atomic mass is 9.40. The predicted molar refractivity (Wildman–Crippen MR) is 211 cm³/mol. The zero-order chi connectivity index (χ0) is 39.9. The molecule has 2 aromatic rings. The predicted octanol–water partition coefficient (Wildman–Crippen LogP) is 8.52. The minimum absolute atomic E-state index is 0.00428. The van der Waals surface area contributed by atoms with Crippen molar-refractivity contribution in [1.82, 2.24) is 9.88 Å². The van der Waals surface area contributed by atoms with Crippen LogP contribution in [0.5, 0.6) is 0 Å². The monoisotopic (exact) mass is 756 g/mol. The Labute approximate surface area is 324 Å². The maximum Gasteiger partial charge on any atom is 0.247 e. The van der Waals surface area contributed by atoms with Crippen LogP contribution in [0.1, 0.15) is 133 Å². The molecule has 55 heavy (non-hydrogen) atoms. The van der Waals surface area contributed by atoms with Crippen molar-refractivity contribution in [2.24, 2.45) is 28.6 Å². The Morgan fingerprint density at radius 1 is 1.09 bits per heavy atom. The van der Waals surface area contributed by atoms with Crippen LogP contribution in [0.3, 0.4) is 0 Å². The van der Waals surface area contributed by atoms with Crippen LogP contribution >= 0.6 is 0 Å². The molecule has 2 aliphatic heterocycles. The number of alkyl halides is 2. The summed E-state index contributed by atoms with van der Waals surface area (Å²) < 4.78 is 35.0. The largest absolute Gasteiger partial charge is 0.392 e. The van der Waals surface area contributed by atoms with Gasteiger partial charge in [-0.25, -0.2) is 8.78 Å². The van der Waals surface area contributed by atoms with E-state index in [2.05, 4.69) is 63.2 Å².